The number of halogens is 3. The molecular weight excluding hydrogens is 314 g/mol. The van der Waals surface area contributed by atoms with Crippen molar-refractivity contribution in [3.63, 3.8) is 0 Å². The molecule has 0 fully saturated rings. The maximum absolute atomic E-state index is 11.9. The van der Waals surface area contributed by atoms with Gasteiger partial charge in [-0.1, -0.05) is 40.0 Å². The molecule has 0 amide bonds. The van der Waals surface area contributed by atoms with Crippen molar-refractivity contribution in [2.75, 3.05) is 0 Å². The van der Waals surface area contributed by atoms with Crippen LogP contribution in [0.3, 0.4) is 0 Å². The third-order valence-electron chi connectivity index (χ3n) is 2.14. The average molecular weight is 322 g/mol. The van der Waals surface area contributed by atoms with Crippen molar-refractivity contribution in [2.45, 2.75) is 13.5 Å². The van der Waals surface area contributed by atoms with Gasteiger partial charge in [0, 0.05) is 0 Å². The van der Waals surface area contributed by atoms with Gasteiger partial charge in [0.1, 0.15) is 0 Å². The maximum atomic E-state index is 11.9. The first-order valence-electron chi connectivity index (χ1n) is 5.09. The summed E-state index contributed by atoms with van der Waals surface area (Å²) < 4.78 is 9.79. The Bertz CT molecular complexity index is 628. The van der Waals surface area contributed by atoms with Crippen LogP contribution in [0.15, 0.2) is 16.7 Å². The van der Waals surface area contributed by atoms with Crippen LogP contribution in [0.1, 0.15) is 22.1 Å². The van der Waals surface area contributed by atoms with Crippen LogP contribution < -0.4 is 0 Å². The summed E-state index contributed by atoms with van der Waals surface area (Å²) in [7, 11) is 0. The number of esters is 1. The van der Waals surface area contributed by atoms with E-state index in [-0.39, 0.29) is 33.1 Å². The minimum Gasteiger partial charge on any atom is -0.452 e. The summed E-state index contributed by atoms with van der Waals surface area (Å²) in [6, 6.07) is 2.95. The molecule has 0 saturated carbocycles. The lowest BCUT2D eigenvalue weighted by molar-refractivity contribution is 0.0430. The van der Waals surface area contributed by atoms with Crippen molar-refractivity contribution >= 4 is 40.8 Å². The molecule has 0 bridgehead atoms. The number of carbonyl (C=O) groups excluding carboxylic acids is 1. The molecule has 0 atom stereocenters. The van der Waals surface area contributed by atoms with E-state index in [2.05, 4.69) is 10.1 Å². The Labute approximate surface area is 123 Å². The number of aryl methyl sites for hydroxylation is 1. The van der Waals surface area contributed by atoms with Crippen LogP contribution >= 0.6 is 34.8 Å². The molecule has 1 heterocycles. The zero-order valence-electron chi connectivity index (χ0n) is 9.61. The third-order valence-corrected chi connectivity index (χ3v) is 3.26. The summed E-state index contributed by atoms with van der Waals surface area (Å²) in [6.45, 7) is 1.48. The first-order valence-corrected chi connectivity index (χ1v) is 6.22. The highest BCUT2D eigenvalue weighted by atomic mass is 35.5. The second kappa shape index (κ2) is 5.77. The highest BCUT2D eigenvalue weighted by Gasteiger charge is 2.19. The van der Waals surface area contributed by atoms with Gasteiger partial charge < -0.3 is 9.26 Å². The summed E-state index contributed by atoms with van der Waals surface area (Å²) in [5.74, 6) is -0.0849. The molecule has 5 nitrogen and oxygen atoms in total. The summed E-state index contributed by atoms with van der Waals surface area (Å²) >= 11 is 17.6. The number of hydrogen-bond donors (Lipinski definition) is 0. The Morgan fingerprint density at radius 1 is 1.32 bits per heavy atom. The standard InChI is InChI=1S/C11H7Cl3N2O3/c1-5-15-8(19-16-5)4-18-11(17)9-6(12)2-3-7(13)10(9)14/h2-3H,4H2,1H3. The van der Waals surface area contributed by atoms with Crippen LogP contribution in [0.25, 0.3) is 0 Å². The summed E-state index contributed by atoms with van der Waals surface area (Å²) in [4.78, 5) is 15.8. The van der Waals surface area contributed by atoms with Gasteiger partial charge in [0.05, 0.1) is 20.6 Å². The fourth-order valence-electron chi connectivity index (χ4n) is 1.31. The molecule has 0 aliphatic rings. The number of nitrogens with zero attached hydrogens (tertiary/aromatic N) is 2. The molecule has 2 aromatic rings. The maximum Gasteiger partial charge on any atom is 0.341 e. The monoisotopic (exact) mass is 320 g/mol. The highest BCUT2D eigenvalue weighted by Crippen LogP contribution is 2.31. The number of carbonyl (C=O) groups is 1. The number of rotatable bonds is 3. The highest BCUT2D eigenvalue weighted by molar-refractivity contribution is 6.46. The second-order valence-corrected chi connectivity index (χ2v) is 4.72. The van der Waals surface area contributed by atoms with Crippen molar-refractivity contribution in [3.8, 4) is 0 Å². The van der Waals surface area contributed by atoms with Crippen LogP contribution in [-0.2, 0) is 11.3 Å². The zero-order valence-corrected chi connectivity index (χ0v) is 11.9. The van der Waals surface area contributed by atoms with Gasteiger partial charge in [-0.05, 0) is 19.1 Å². The van der Waals surface area contributed by atoms with E-state index in [0.717, 1.165) is 0 Å². The fourth-order valence-corrected chi connectivity index (χ4v) is 1.99. The van der Waals surface area contributed by atoms with Gasteiger partial charge >= 0.3 is 5.97 Å². The molecule has 19 heavy (non-hydrogen) atoms. The Morgan fingerprint density at radius 2 is 2.00 bits per heavy atom. The predicted molar refractivity (Wildman–Crippen MR) is 69.6 cm³/mol. The Hall–Kier alpha value is -1.30. The van der Waals surface area contributed by atoms with Crippen LogP contribution in [-0.4, -0.2) is 16.1 Å². The summed E-state index contributed by atoms with van der Waals surface area (Å²) in [5, 5.41) is 3.98. The van der Waals surface area contributed by atoms with E-state index in [4.69, 9.17) is 44.1 Å². The van der Waals surface area contributed by atoms with Crippen LogP contribution in [0.4, 0.5) is 0 Å². The number of aromatic nitrogens is 2. The van der Waals surface area contributed by atoms with Gasteiger partial charge in [0.25, 0.3) is 5.89 Å². The van der Waals surface area contributed by atoms with Gasteiger partial charge in [-0.15, -0.1) is 0 Å². The molecule has 8 heteroatoms. The van der Waals surface area contributed by atoms with Gasteiger partial charge in [-0.2, -0.15) is 4.98 Å². The SMILES string of the molecule is Cc1noc(COC(=O)c2c(Cl)ccc(Cl)c2Cl)n1. The van der Waals surface area contributed by atoms with E-state index < -0.39 is 5.97 Å². The summed E-state index contributed by atoms with van der Waals surface area (Å²) in [6.07, 6.45) is 0. The van der Waals surface area contributed by atoms with E-state index in [9.17, 15) is 4.79 Å². The quantitative estimate of drug-likeness (QED) is 0.637. The molecule has 0 aliphatic carbocycles. The third kappa shape index (κ3) is 3.18. The second-order valence-electron chi connectivity index (χ2n) is 3.53. The number of hydrogen-bond acceptors (Lipinski definition) is 5. The molecule has 1 aromatic carbocycles. The lowest BCUT2D eigenvalue weighted by atomic mass is 10.2. The van der Waals surface area contributed by atoms with Crippen LogP contribution in [0.5, 0.6) is 0 Å². The first-order chi connectivity index (χ1) is 8.99. The van der Waals surface area contributed by atoms with E-state index in [0.29, 0.717) is 5.82 Å². The minimum absolute atomic E-state index is 0.00655. The van der Waals surface area contributed by atoms with Gasteiger partial charge in [0.2, 0.25) is 0 Å². The average Bonchev–Trinajstić information content (AvgIpc) is 2.78. The molecule has 0 N–H and O–H groups in total. The molecular formula is C11H7Cl3N2O3. The van der Waals surface area contributed by atoms with Crippen LogP contribution in [0, 0.1) is 6.92 Å². The normalized spacial score (nSPS) is 10.5. The fraction of sp³-hybridized carbons (Fsp3) is 0.182. The van der Waals surface area contributed by atoms with Crippen molar-refractivity contribution in [2.24, 2.45) is 0 Å². The van der Waals surface area contributed by atoms with Crippen LogP contribution in [0.2, 0.25) is 15.1 Å². The molecule has 0 saturated heterocycles. The Kier molecular flexibility index (Phi) is 4.29. The molecule has 2 rings (SSSR count). The van der Waals surface area contributed by atoms with E-state index in [1.807, 2.05) is 0 Å². The lowest BCUT2D eigenvalue weighted by Gasteiger charge is -2.07. The van der Waals surface area contributed by atoms with E-state index >= 15 is 0 Å². The van der Waals surface area contributed by atoms with Crippen molar-refractivity contribution in [1.29, 1.82) is 0 Å². The zero-order chi connectivity index (χ0) is 14.0. The van der Waals surface area contributed by atoms with Gasteiger partial charge in [-0.3, -0.25) is 0 Å². The molecule has 0 aliphatic heterocycles. The molecule has 0 spiro atoms. The van der Waals surface area contributed by atoms with Gasteiger partial charge in [-0.25, -0.2) is 4.79 Å². The van der Waals surface area contributed by atoms with Crippen molar-refractivity contribution in [1.82, 2.24) is 10.1 Å². The minimum atomic E-state index is -0.714. The van der Waals surface area contributed by atoms with Crippen molar-refractivity contribution < 1.29 is 14.1 Å². The Balaban J connectivity index is 2.14. The number of ether oxygens (including phenoxy) is 1. The van der Waals surface area contributed by atoms with Crippen molar-refractivity contribution in [3.05, 3.63) is 44.5 Å². The summed E-state index contributed by atoms with van der Waals surface area (Å²) in [5.41, 5.74) is 0.00655. The van der Waals surface area contributed by atoms with E-state index in [1.54, 1.807) is 6.92 Å². The smallest absolute Gasteiger partial charge is 0.341 e. The predicted octanol–water partition coefficient (Wildman–Crippen LogP) is 3.70. The lowest BCUT2D eigenvalue weighted by Crippen LogP contribution is -2.07. The van der Waals surface area contributed by atoms with Gasteiger partial charge in [0.15, 0.2) is 12.4 Å². The topological polar surface area (TPSA) is 65.2 Å². The Morgan fingerprint density at radius 3 is 2.63 bits per heavy atom. The molecule has 0 unspecified atom stereocenters. The molecule has 100 valence electrons. The first kappa shape index (κ1) is 14.1. The molecule has 1 aromatic heterocycles. The largest absolute Gasteiger partial charge is 0.452 e. The van der Waals surface area contributed by atoms with E-state index in [1.165, 1.54) is 12.1 Å². The number of benzene rings is 1. The molecule has 0 radical (unpaired) electrons.